The third-order valence-electron chi connectivity index (χ3n) is 3.38. The van der Waals surface area contributed by atoms with E-state index in [1.165, 1.54) is 0 Å². The number of hydrogen-bond donors (Lipinski definition) is 1. The average molecular weight is 292 g/mol. The first-order chi connectivity index (χ1) is 9.69. The lowest BCUT2D eigenvalue weighted by atomic mass is 9.90. The van der Waals surface area contributed by atoms with E-state index in [2.05, 4.69) is 11.4 Å². The number of carbonyl (C=O) groups excluding carboxylic acids is 2. The van der Waals surface area contributed by atoms with Gasteiger partial charge in [0.15, 0.2) is 6.61 Å². The molecule has 0 fully saturated rings. The molecule has 1 atom stereocenters. The summed E-state index contributed by atoms with van der Waals surface area (Å²) in [7, 11) is 0. The predicted octanol–water partition coefficient (Wildman–Crippen LogP) is 2.11. The van der Waals surface area contributed by atoms with Crippen molar-refractivity contribution in [1.82, 2.24) is 5.32 Å². The number of amides is 1. The highest BCUT2D eigenvalue weighted by molar-refractivity contribution is 5.92. The second-order valence-electron chi connectivity index (χ2n) is 5.42. The number of aryl methyl sites for hydroxylation is 2. The van der Waals surface area contributed by atoms with Crippen molar-refractivity contribution >= 4 is 11.9 Å². The predicted molar refractivity (Wildman–Crippen MR) is 75.5 cm³/mol. The number of ether oxygens (including phenoxy) is 1. The van der Waals surface area contributed by atoms with Crippen molar-refractivity contribution in [2.75, 3.05) is 6.61 Å². The van der Waals surface area contributed by atoms with Crippen LogP contribution in [0, 0.1) is 31.1 Å². The quantitative estimate of drug-likeness (QED) is 0.839. The van der Waals surface area contributed by atoms with Gasteiger partial charge in [-0.25, -0.2) is 4.79 Å². The van der Waals surface area contributed by atoms with Crippen LogP contribution in [-0.2, 0) is 9.53 Å². The number of furan rings is 1. The van der Waals surface area contributed by atoms with E-state index in [4.69, 9.17) is 14.4 Å². The van der Waals surface area contributed by atoms with Crippen molar-refractivity contribution in [3.8, 4) is 6.07 Å². The van der Waals surface area contributed by atoms with E-state index in [0.717, 1.165) is 0 Å². The average Bonchev–Trinajstić information content (AvgIpc) is 2.74. The van der Waals surface area contributed by atoms with Crippen molar-refractivity contribution in [3.05, 3.63) is 23.2 Å². The lowest BCUT2D eigenvalue weighted by molar-refractivity contribution is -0.125. The van der Waals surface area contributed by atoms with Crippen molar-refractivity contribution in [2.45, 2.75) is 40.2 Å². The topological polar surface area (TPSA) is 92.3 Å². The molecule has 0 unspecified atom stereocenters. The van der Waals surface area contributed by atoms with E-state index >= 15 is 0 Å². The van der Waals surface area contributed by atoms with Crippen LogP contribution in [-0.4, -0.2) is 24.0 Å². The second kappa shape index (κ2) is 6.44. The maximum absolute atomic E-state index is 11.8. The Balaban J connectivity index is 2.60. The zero-order valence-corrected chi connectivity index (χ0v) is 12.9. The van der Waals surface area contributed by atoms with Crippen LogP contribution in [0.25, 0.3) is 0 Å². The van der Waals surface area contributed by atoms with Gasteiger partial charge in [0, 0.05) is 0 Å². The molecule has 0 bridgehead atoms. The summed E-state index contributed by atoms with van der Waals surface area (Å²) < 4.78 is 10.2. The van der Waals surface area contributed by atoms with Gasteiger partial charge in [0.1, 0.15) is 22.6 Å². The minimum absolute atomic E-state index is 0.0686. The van der Waals surface area contributed by atoms with Crippen LogP contribution in [0.1, 0.15) is 42.6 Å². The summed E-state index contributed by atoms with van der Waals surface area (Å²) in [5.74, 6) is -0.162. The number of esters is 1. The zero-order valence-electron chi connectivity index (χ0n) is 12.9. The Labute approximate surface area is 124 Å². The van der Waals surface area contributed by atoms with E-state index in [-0.39, 0.29) is 5.92 Å². The lowest BCUT2D eigenvalue weighted by Gasteiger charge is -2.27. The normalized spacial score (nSPS) is 13.4. The number of carbonyl (C=O) groups is 2. The van der Waals surface area contributed by atoms with Gasteiger partial charge in [-0.2, -0.15) is 5.26 Å². The van der Waals surface area contributed by atoms with Gasteiger partial charge in [-0.15, -0.1) is 0 Å². The Bertz CT molecular complexity index is 583. The van der Waals surface area contributed by atoms with Crippen LogP contribution in [0.15, 0.2) is 10.5 Å². The highest BCUT2D eigenvalue weighted by atomic mass is 16.5. The smallest absolute Gasteiger partial charge is 0.342 e. The van der Waals surface area contributed by atoms with Gasteiger partial charge in [-0.1, -0.05) is 13.8 Å². The molecule has 0 aliphatic rings. The highest BCUT2D eigenvalue weighted by Gasteiger charge is 2.30. The van der Waals surface area contributed by atoms with Crippen molar-refractivity contribution in [1.29, 1.82) is 5.26 Å². The summed E-state index contributed by atoms with van der Waals surface area (Å²) in [6.07, 6.45) is 0. The molecule has 0 aromatic carbocycles. The Morgan fingerprint density at radius 2 is 2.10 bits per heavy atom. The first kappa shape index (κ1) is 16.8. The molecule has 0 radical (unpaired) electrons. The van der Waals surface area contributed by atoms with Crippen molar-refractivity contribution in [2.24, 2.45) is 5.92 Å². The zero-order chi connectivity index (χ0) is 16.2. The minimum Gasteiger partial charge on any atom is -0.466 e. The summed E-state index contributed by atoms with van der Waals surface area (Å²) in [6.45, 7) is 8.21. The third kappa shape index (κ3) is 4.09. The van der Waals surface area contributed by atoms with Crippen LogP contribution >= 0.6 is 0 Å². The SMILES string of the molecule is Cc1cc(C(=O)OCC(=O)N[C@](C)(C#N)C(C)C)c(C)o1. The van der Waals surface area contributed by atoms with Crippen LogP contribution in [0.4, 0.5) is 0 Å². The highest BCUT2D eigenvalue weighted by Crippen LogP contribution is 2.16. The molecule has 0 aliphatic heterocycles. The van der Waals surface area contributed by atoms with E-state index in [9.17, 15) is 9.59 Å². The molecular formula is C15H20N2O4. The molecule has 1 aromatic rings. The molecule has 1 N–H and O–H groups in total. The van der Waals surface area contributed by atoms with Crippen LogP contribution < -0.4 is 5.32 Å². The lowest BCUT2D eigenvalue weighted by Crippen LogP contribution is -2.50. The van der Waals surface area contributed by atoms with Crippen LogP contribution in [0.2, 0.25) is 0 Å². The second-order valence-corrected chi connectivity index (χ2v) is 5.42. The van der Waals surface area contributed by atoms with Crippen molar-refractivity contribution < 1.29 is 18.7 Å². The maximum atomic E-state index is 11.8. The van der Waals surface area contributed by atoms with E-state index in [0.29, 0.717) is 17.1 Å². The monoisotopic (exact) mass is 292 g/mol. The number of nitriles is 1. The maximum Gasteiger partial charge on any atom is 0.342 e. The number of nitrogens with one attached hydrogen (secondary N) is 1. The summed E-state index contributed by atoms with van der Waals surface area (Å²) in [6, 6.07) is 3.61. The molecule has 0 saturated carbocycles. The fourth-order valence-corrected chi connectivity index (χ4v) is 1.67. The van der Waals surface area contributed by atoms with Crippen LogP contribution in [0.5, 0.6) is 0 Å². The molecule has 21 heavy (non-hydrogen) atoms. The molecule has 6 nitrogen and oxygen atoms in total. The van der Waals surface area contributed by atoms with E-state index in [1.807, 2.05) is 13.8 Å². The molecule has 0 saturated heterocycles. The molecule has 1 aromatic heterocycles. The van der Waals surface area contributed by atoms with Gasteiger partial charge in [-0.05, 0) is 32.8 Å². The van der Waals surface area contributed by atoms with Crippen molar-refractivity contribution in [3.63, 3.8) is 0 Å². The Morgan fingerprint density at radius 3 is 2.52 bits per heavy atom. The molecule has 0 aliphatic carbocycles. The fourth-order valence-electron chi connectivity index (χ4n) is 1.67. The van der Waals surface area contributed by atoms with Crippen LogP contribution in [0.3, 0.4) is 0 Å². The minimum atomic E-state index is -0.994. The summed E-state index contributed by atoms with van der Waals surface area (Å²) >= 11 is 0. The van der Waals surface area contributed by atoms with Gasteiger partial charge in [0.25, 0.3) is 5.91 Å². The molecule has 1 heterocycles. The third-order valence-corrected chi connectivity index (χ3v) is 3.38. The van der Waals surface area contributed by atoms with E-state index < -0.39 is 24.0 Å². The standard InChI is InChI=1S/C15H20N2O4/c1-9(2)15(5,8-16)17-13(18)7-20-14(19)12-6-10(3)21-11(12)4/h6,9H,7H2,1-5H3,(H,17,18)/t15-/m1/s1. The first-order valence-electron chi connectivity index (χ1n) is 6.66. The van der Waals surface area contributed by atoms with Gasteiger partial charge in [0.05, 0.1) is 6.07 Å². The first-order valence-corrected chi connectivity index (χ1v) is 6.66. The van der Waals surface area contributed by atoms with Gasteiger partial charge in [0.2, 0.25) is 0 Å². The fraction of sp³-hybridized carbons (Fsp3) is 0.533. The molecule has 6 heteroatoms. The number of rotatable bonds is 5. The Morgan fingerprint density at radius 1 is 1.48 bits per heavy atom. The summed E-state index contributed by atoms with van der Waals surface area (Å²) in [5.41, 5.74) is -0.696. The molecule has 0 spiro atoms. The molecule has 1 rings (SSSR count). The summed E-state index contributed by atoms with van der Waals surface area (Å²) in [4.78, 5) is 23.6. The van der Waals surface area contributed by atoms with Gasteiger partial charge < -0.3 is 14.5 Å². The molecule has 114 valence electrons. The van der Waals surface area contributed by atoms with Gasteiger partial charge in [-0.3, -0.25) is 4.79 Å². The number of hydrogen-bond acceptors (Lipinski definition) is 5. The Hall–Kier alpha value is -2.29. The molecular weight excluding hydrogens is 272 g/mol. The largest absolute Gasteiger partial charge is 0.466 e. The van der Waals surface area contributed by atoms with E-state index in [1.54, 1.807) is 26.8 Å². The summed E-state index contributed by atoms with van der Waals surface area (Å²) in [5, 5.41) is 11.7. The molecule has 1 amide bonds. The Kier molecular flexibility index (Phi) is 5.14. The number of nitrogens with zero attached hydrogens (tertiary/aromatic N) is 1. The van der Waals surface area contributed by atoms with Gasteiger partial charge >= 0.3 is 5.97 Å².